The highest BCUT2D eigenvalue weighted by atomic mass is 32.2. The molecule has 0 aliphatic carbocycles. The van der Waals surface area contributed by atoms with Gasteiger partial charge in [0.05, 0.1) is 6.04 Å². The molecule has 5 nitrogen and oxygen atoms in total. The molecule has 2 aromatic rings. The lowest BCUT2D eigenvalue weighted by molar-refractivity contribution is -0.117. The zero-order valence-electron chi connectivity index (χ0n) is 12.4. The standard InChI is InChI=1S/C16H19N3O2S/c1-22-10-8-14(17)16(20)19-12-5-4-6-13(11-12)21-15-7-2-3-9-18-15/h2-7,9,11,14H,8,10,17H2,1H3,(H,19,20)/t14-/m0/s1. The van der Waals surface area contributed by atoms with Crippen LogP contribution in [0, 0.1) is 0 Å². The molecule has 1 amide bonds. The van der Waals surface area contributed by atoms with Gasteiger partial charge in [0.2, 0.25) is 11.8 Å². The van der Waals surface area contributed by atoms with Crippen LogP contribution in [0.2, 0.25) is 0 Å². The number of nitrogens with one attached hydrogen (secondary N) is 1. The first-order valence-electron chi connectivity index (χ1n) is 6.93. The maximum Gasteiger partial charge on any atom is 0.241 e. The second-order valence-electron chi connectivity index (χ2n) is 4.68. The number of nitrogens with two attached hydrogens (primary N) is 1. The highest BCUT2D eigenvalue weighted by molar-refractivity contribution is 7.98. The van der Waals surface area contributed by atoms with Crippen molar-refractivity contribution >= 4 is 23.4 Å². The number of rotatable bonds is 7. The zero-order chi connectivity index (χ0) is 15.8. The van der Waals surface area contributed by atoms with E-state index in [2.05, 4.69) is 10.3 Å². The molecular formula is C16H19N3O2S. The summed E-state index contributed by atoms with van der Waals surface area (Å²) >= 11 is 1.67. The Labute approximate surface area is 134 Å². The van der Waals surface area contributed by atoms with Crippen LogP contribution >= 0.6 is 11.8 Å². The first-order chi connectivity index (χ1) is 10.7. The van der Waals surface area contributed by atoms with Crippen molar-refractivity contribution in [2.75, 3.05) is 17.3 Å². The summed E-state index contributed by atoms with van der Waals surface area (Å²) in [6, 6.07) is 12.1. The average Bonchev–Trinajstić information content (AvgIpc) is 2.54. The fourth-order valence-corrected chi connectivity index (χ4v) is 2.27. The summed E-state index contributed by atoms with van der Waals surface area (Å²) < 4.78 is 5.63. The molecule has 0 bridgehead atoms. The molecule has 6 heteroatoms. The van der Waals surface area contributed by atoms with Crippen LogP contribution in [0.1, 0.15) is 6.42 Å². The molecule has 0 radical (unpaired) electrons. The van der Waals surface area contributed by atoms with Gasteiger partial charge in [-0.2, -0.15) is 11.8 Å². The van der Waals surface area contributed by atoms with Crippen LogP contribution in [0.15, 0.2) is 48.7 Å². The predicted molar refractivity (Wildman–Crippen MR) is 90.4 cm³/mol. The first-order valence-corrected chi connectivity index (χ1v) is 8.33. The SMILES string of the molecule is CSCC[C@H](N)C(=O)Nc1cccc(Oc2ccccn2)c1. The van der Waals surface area contributed by atoms with E-state index >= 15 is 0 Å². The fraction of sp³-hybridized carbons (Fsp3) is 0.250. The molecule has 116 valence electrons. The van der Waals surface area contributed by atoms with E-state index in [-0.39, 0.29) is 5.91 Å². The molecule has 0 fully saturated rings. The third-order valence-electron chi connectivity index (χ3n) is 2.93. The molecule has 0 aliphatic heterocycles. The normalized spacial score (nSPS) is 11.7. The zero-order valence-corrected chi connectivity index (χ0v) is 13.2. The predicted octanol–water partition coefficient (Wildman–Crippen LogP) is 2.89. The lowest BCUT2D eigenvalue weighted by atomic mass is 10.2. The molecule has 2 rings (SSSR count). The summed E-state index contributed by atoms with van der Waals surface area (Å²) in [6.45, 7) is 0. The summed E-state index contributed by atoms with van der Waals surface area (Å²) in [4.78, 5) is 16.1. The van der Waals surface area contributed by atoms with Crippen LogP contribution in [0.5, 0.6) is 11.6 Å². The number of anilines is 1. The van der Waals surface area contributed by atoms with Gasteiger partial charge in [0.1, 0.15) is 5.75 Å². The van der Waals surface area contributed by atoms with Gasteiger partial charge in [-0.05, 0) is 36.6 Å². The largest absolute Gasteiger partial charge is 0.439 e. The molecule has 1 heterocycles. The van der Waals surface area contributed by atoms with Crippen molar-refractivity contribution in [2.45, 2.75) is 12.5 Å². The Morgan fingerprint density at radius 1 is 1.36 bits per heavy atom. The van der Waals surface area contributed by atoms with E-state index in [1.807, 2.05) is 18.4 Å². The number of thioether (sulfide) groups is 1. The van der Waals surface area contributed by atoms with Crippen LogP contribution < -0.4 is 15.8 Å². The third kappa shape index (κ3) is 5.05. The molecule has 0 saturated carbocycles. The number of carbonyl (C=O) groups excluding carboxylic acids is 1. The number of nitrogens with zero attached hydrogens (tertiary/aromatic N) is 1. The summed E-state index contributed by atoms with van der Waals surface area (Å²) in [5.41, 5.74) is 6.50. The minimum Gasteiger partial charge on any atom is -0.439 e. The topological polar surface area (TPSA) is 77.2 Å². The molecule has 0 unspecified atom stereocenters. The van der Waals surface area contributed by atoms with E-state index in [9.17, 15) is 4.79 Å². The Bertz CT molecular complexity index is 607. The number of hydrogen-bond donors (Lipinski definition) is 2. The molecule has 0 aliphatic rings. The Hall–Kier alpha value is -2.05. The number of ether oxygens (including phenoxy) is 1. The van der Waals surface area contributed by atoms with E-state index in [0.717, 1.165) is 5.75 Å². The quantitative estimate of drug-likeness (QED) is 0.821. The van der Waals surface area contributed by atoms with Crippen molar-refractivity contribution < 1.29 is 9.53 Å². The number of carbonyl (C=O) groups is 1. The Balaban J connectivity index is 1.98. The highest BCUT2D eigenvalue weighted by Crippen LogP contribution is 2.22. The van der Waals surface area contributed by atoms with Crippen LogP contribution in [-0.2, 0) is 4.79 Å². The number of benzene rings is 1. The number of hydrogen-bond acceptors (Lipinski definition) is 5. The number of pyridine rings is 1. The van der Waals surface area contributed by atoms with Gasteiger partial charge in [-0.3, -0.25) is 4.79 Å². The number of aromatic nitrogens is 1. The van der Waals surface area contributed by atoms with Gasteiger partial charge >= 0.3 is 0 Å². The fourth-order valence-electron chi connectivity index (χ4n) is 1.78. The van der Waals surface area contributed by atoms with Gasteiger partial charge in [-0.15, -0.1) is 0 Å². The second kappa shape index (κ2) is 8.41. The summed E-state index contributed by atoms with van der Waals surface area (Å²) in [5.74, 6) is 1.78. The van der Waals surface area contributed by atoms with Crippen molar-refractivity contribution in [3.05, 3.63) is 48.7 Å². The molecule has 1 aromatic heterocycles. The van der Waals surface area contributed by atoms with Gasteiger partial charge in [-0.1, -0.05) is 12.1 Å². The third-order valence-corrected chi connectivity index (χ3v) is 3.58. The summed E-state index contributed by atoms with van der Waals surface area (Å²) in [6.07, 6.45) is 4.30. The Morgan fingerprint density at radius 2 is 2.23 bits per heavy atom. The van der Waals surface area contributed by atoms with Crippen molar-refractivity contribution in [3.8, 4) is 11.6 Å². The Kier molecular flexibility index (Phi) is 6.24. The summed E-state index contributed by atoms with van der Waals surface area (Å²) in [7, 11) is 0. The van der Waals surface area contributed by atoms with E-state index < -0.39 is 6.04 Å². The van der Waals surface area contributed by atoms with Crippen LogP contribution in [-0.4, -0.2) is 28.9 Å². The monoisotopic (exact) mass is 317 g/mol. The van der Waals surface area contributed by atoms with Crippen molar-refractivity contribution in [2.24, 2.45) is 5.73 Å². The lowest BCUT2D eigenvalue weighted by Gasteiger charge is -2.12. The molecule has 0 saturated heterocycles. The number of amides is 1. The molecular weight excluding hydrogens is 298 g/mol. The van der Waals surface area contributed by atoms with Crippen LogP contribution in [0.3, 0.4) is 0 Å². The molecule has 1 aromatic carbocycles. The first kappa shape index (κ1) is 16.3. The molecule has 0 spiro atoms. The van der Waals surface area contributed by atoms with Gasteiger partial charge < -0.3 is 15.8 Å². The molecule has 3 N–H and O–H groups in total. The maximum absolute atomic E-state index is 12.0. The maximum atomic E-state index is 12.0. The molecule has 1 atom stereocenters. The van der Waals surface area contributed by atoms with Gasteiger partial charge in [0, 0.05) is 24.0 Å². The minimum atomic E-state index is -0.507. The van der Waals surface area contributed by atoms with Gasteiger partial charge in [-0.25, -0.2) is 4.98 Å². The lowest BCUT2D eigenvalue weighted by Crippen LogP contribution is -2.36. The van der Waals surface area contributed by atoms with Gasteiger partial charge in [0.15, 0.2) is 0 Å². The second-order valence-corrected chi connectivity index (χ2v) is 5.66. The summed E-state index contributed by atoms with van der Waals surface area (Å²) in [5, 5.41) is 2.80. The highest BCUT2D eigenvalue weighted by Gasteiger charge is 2.13. The smallest absolute Gasteiger partial charge is 0.241 e. The van der Waals surface area contributed by atoms with Gasteiger partial charge in [0.25, 0.3) is 0 Å². The van der Waals surface area contributed by atoms with Crippen molar-refractivity contribution in [1.82, 2.24) is 4.98 Å². The van der Waals surface area contributed by atoms with E-state index in [1.165, 1.54) is 0 Å². The molecule has 22 heavy (non-hydrogen) atoms. The van der Waals surface area contributed by atoms with E-state index in [4.69, 9.17) is 10.5 Å². The van der Waals surface area contributed by atoms with Crippen LogP contribution in [0.25, 0.3) is 0 Å². The van der Waals surface area contributed by atoms with E-state index in [0.29, 0.717) is 23.7 Å². The minimum absolute atomic E-state index is 0.191. The van der Waals surface area contributed by atoms with E-state index in [1.54, 1.807) is 48.3 Å². The van der Waals surface area contributed by atoms with Crippen molar-refractivity contribution in [1.29, 1.82) is 0 Å². The van der Waals surface area contributed by atoms with Crippen molar-refractivity contribution in [3.63, 3.8) is 0 Å². The average molecular weight is 317 g/mol. The Morgan fingerprint density at radius 3 is 2.95 bits per heavy atom. The van der Waals surface area contributed by atoms with Crippen LogP contribution in [0.4, 0.5) is 5.69 Å².